The van der Waals surface area contributed by atoms with Gasteiger partial charge in [-0.3, -0.25) is 4.68 Å². The van der Waals surface area contributed by atoms with Crippen LogP contribution >= 0.6 is 24.2 Å². The van der Waals surface area contributed by atoms with Crippen LogP contribution in [0.2, 0.25) is 0 Å². The summed E-state index contributed by atoms with van der Waals surface area (Å²) in [5.41, 5.74) is 10.4. The number of halogens is 1. The van der Waals surface area contributed by atoms with Crippen LogP contribution in [0, 0.1) is 0 Å². The SMILES string of the molecule is CCN(CC)CCn1nc2c3c(c(NCCCN)ccc31)Sc1ccccc1-2.Cl. The van der Waals surface area contributed by atoms with Gasteiger partial charge in [-0.15, -0.1) is 12.4 Å². The van der Waals surface area contributed by atoms with E-state index in [0.29, 0.717) is 6.54 Å². The molecule has 0 aliphatic carbocycles. The molecule has 0 saturated carbocycles. The van der Waals surface area contributed by atoms with Crippen molar-refractivity contribution in [2.75, 3.05) is 38.0 Å². The Labute approximate surface area is 183 Å². The second-order valence-corrected chi connectivity index (χ2v) is 8.15. The molecule has 0 amide bonds. The summed E-state index contributed by atoms with van der Waals surface area (Å²) in [6, 6.07) is 13.0. The van der Waals surface area contributed by atoms with Crippen LogP contribution < -0.4 is 11.1 Å². The Morgan fingerprint density at radius 1 is 1.14 bits per heavy atom. The molecule has 0 atom stereocenters. The Balaban J connectivity index is 0.00000240. The van der Waals surface area contributed by atoms with Crippen LogP contribution in [0.4, 0.5) is 5.69 Å². The summed E-state index contributed by atoms with van der Waals surface area (Å²) < 4.78 is 2.19. The molecule has 0 spiro atoms. The Morgan fingerprint density at radius 3 is 2.69 bits per heavy atom. The molecule has 3 N–H and O–H groups in total. The highest BCUT2D eigenvalue weighted by Crippen LogP contribution is 2.50. The summed E-state index contributed by atoms with van der Waals surface area (Å²) in [7, 11) is 0. The van der Waals surface area contributed by atoms with Crippen LogP contribution in [0.15, 0.2) is 46.2 Å². The van der Waals surface area contributed by atoms with Crippen LogP contribution in [0.3, 0.4) is 0 Å². The summed E-state index contributed by atoms with van der Waals surface area (Å²) in [5.74, 6) is 0. The number of nitrogens with zero attached hydrogens (tertiary/aromatic N) is 3. The fourth-order valence-electron chi connectivity index (χ4n) is 3.81. The number of likely N-dealkylation sites (N-methyl/N-ethyl adjacent to an activating group) is 1. The van der Waals surface area contributed by atoms with Crippen molar-refractivity contribution in [3.63, 3.8) is 0 Å². The number of hydrogen-bond acceptors (Lipinski definition) is 5. The first-order valence-corrected chi connectivity index (χ1v) is 11.1. The largest absolute Gasteiger partial charge is 0.384 e. The van der Waals surface area contributed by atoms with Crippen molar-refractivity contribution in [1.29, 1.82) is 0 Å². The summed E-state index contributed by atoms with van der Waals surface area (Å²) in [4.78, 5) is 5.01. The monoisotopic (exact) mass is 431 g/mol. The minimum absolute atomic E-state index is 0. The van der Waals surface area contributed by atoms with E-state index in [4.69, 9.17) is 10.8 Å². The number of nitrogens with two attached hydrogens (primary N) is 1. The molecule has 0 fully saturated rings. The zero-order valence-corrected chi connectivity index (χ0v) is 18.8. The van der Waals surface area contributed by atoms with Gasteiger partial charge in [0.1, 0.15) is 5.69 Å². The Morgan fingerprint density at radius 2 is 1.93 bits per heavy atom. The van der Waals surface area contributed by atoms with Gasteiger partial charge in [-0.1, -0.05) is 43.8 Å². The lowest BCUT2D eigenvalue weighted by Crippen LogP contribution is -2.27. The average Bonchev–Trinajstić information content (AvgIpc) is 3.10. The van der Waals surface area contributed by atoms with Gasteiger partial charge in [-0.2, -0.15) is 5.10 Å². The molecule has 4 rings (SSSR count). The topological polar surface area (TPSA) is 59.1 Å². The van der Waals surface area contributed by atoms with E-state index in [1.54, 1.807) is 0 Å². The van der Waals surface area contributed by atoms with Crippen molar-refractivity contribution in [3.8, 4) is 11.3 Å². The minimum Gasteiger partial charge on any atom is -0.384 e. The maximum absolute atomic E-state index is 5.67. The van der Waals surface area contributed by atoms with Gasteiger partial charge in [0.05, 0.1) is 12.1 Å². The van der Waals surface area contributed by atoms with E-state index in [1.807, 2.05) is 11.8 Å². The van der Waals surface area contributed by atoms with Gasteiger partial charge in [0.2, 0.25) is 0 Å². The van der Waals surface area contributed by atoms with Gasteiger partial charge >= 0.3 is 0 Å². The van der Waals surface area contributed by atoms with Gasteiger partial charge in [-0.05, 0) is 44.3 Å². The number of rotatable bonds is 9. The van der Waals surface area contributed by atoms with Crippen LogP contribution in [-0.2, 0) is 6.54 Å². The maximum atomic E-state index is 5.67. The first-order chi connectivity index (χ1) is 13.8. The van der Waals surface area contributed by atoms with Gasteiger partial charge in [-0.25, -0.2) is 0 Å². The molecular weight excluding hydrogens is 402 g/mol. The Hall–Kier alpha value is -1.73. The number of nitrogens with one attached hydrogen (secondary N) is 1. The number of benzene rings is 2. The maximum Gasteiger partial charge on any atom is 0.103 e. The standard InChI is InChI=1S/C22H29N5S.ClH/c1-3-26(4-2)14-15-27-18-11-10-17(24-13-7-12-23)22-20(18)21(25-27)16-8-5-6-9-19(16)28-22;/h5-6,8-11,24H,3-4,7,12-15,23H2,1-2H3;1H. The first kappa shape index (κ1) is 22.0. The molecule has 2 heterocycles. The quantitative estimate of drug-likeness (QED) is 0.376. The van der Waals surface area contributed by atoms with Crippen LogP contribution in [0.5, 0.6) is 0 Å². The van der Waals surface area contributed by atoms with Crippen molar-refractivity contribution >= 4 is 40.8 Å². The molecule has 1 aliphatic heterocycles. The lowest BCUT2D eigenvalue weighted by molar-refractivity contribution is 0.287. The van der Waals surface area contributed by atoms with Crippen LogP contribution in [0.1, 0.15) is 20.3 Å². The summed E-state index contributed by atoms with van der Waals surface area (Å²) in [6.45, 7) is 10.1. The number of hydrogen-bond donors (Lipinski definition) is 2. The van der Waals surface area contributed by atoms with Gasteiger partial charge in [0, 0.05) is 39.5 Å². The molecule has 0 unspecified atom stereocenters. The highest BCUT2D eigenvalue weighted by molar-refractivity contribution is 8.00. The van der Waals surface area contributed by atoms with Gasteiger partial charge in [0.15, 0.2) is 0 Å². The highest BCUT2D eigenvalue weighted by Gasteiger charge is 2.25. The third kappa shape index (κ3) is 4.26. The van der Waals surface area contributed by atoms with E-state index in [1.165, 1.54) is 31.9 Å². The van der Waals surface area contributed by atoms with Crippen molar-refractivity contribution in [2.24, 2.45) is 5.73 Å². The number of fused-ring (bicyclic) bond motifs is 2. The second kappa shape index (κ2) is 9.85. The van der Waals surface area contributed by atoms with Crippen LogP contribution in [-0.4, -0.2) is 47.4 Å². The molecule has 5 nitrogen and oxygen atoms in total. The smallest absolute Gasteiger partial charge is 0.103 e. The van der Waals surface area contributed by atoms with E-state index in [-0.39, 0.29) is 12.4 Å². The van der Waals surface area contributed by atoms with E-state index in [0.717, 1.165) is 44.8 Å². The number of anilines is 1. The molecule has 156 valence electrons. The van der Waals surface area contributed by atoms with Gasteiger partial charge in [0.25, 0.3) is 0 Å². The fraction of sp³-hybridized carbons (Fsp3) is 0.409. The summed E-state index contributed by atoms with van der Waals surface area (Å²) in [5, 5.41) is 9.93. The van der Waals surface area contributed by atoms with E-state index in [9.17, 15) is 0 Å². The van der Waals surface area contributed by atoms with Crippen molar-refractivity contribution in [3.05, 3.63) is 36.4 Å². The second-order valence-electron chi connectivity index (χ2n) is 7.10. The minimum atomic E-state index is 0. The normalized spacial score (nSPS) is 12.1. The molecule has 0 bridgehead atoms. The van der Waals surface area contributed by atoms with Gasteiger partial charge < -0.3 is 16.0 Å². The van der Waals surface area contributed by atoms with Crippen molar-refractivity contribution in [2.45, 2.75) is 36.6 Å². The van der Waals surface area contributed by atoms with E-state index < -0.39 is 0 Å². The molecule has 29 heavy (non-hydrogen) atoms. The lowest BCUT2D eigenvalue weighted by atomic mass is 10.1. The predicted molar refractivity (Wildman–Crippen MR) is 126 cm³/mol. The van der Waals surface area contributed by atoms with E-state index >= 15 is 0 Å². The zero-order chi connectivity index (χ0) is 19.5. The van der Waals surface area contributed by atoms with Crippen molar-refractivity contribution < 1.29 is 0 Å². The molecule has 1 aromatic heterocycles. The summed E-state index contributed by atoms with van der Waals surface area (Å²) in [6.07, 6.45) is 0.967. The van der Waals surface area contributed by atoms with E-state index in [2.05, 4.69) is 65.1 Å². The molecule has 0 radical (unpaired) electrons. The van der Waals surface area contributed by atoms with Crippen LogP contribution in [0.25, 0.3) is 22.2 Å². The highest BCUT2D eigenvalue weighted by atomic mass is 35.5. The average molecular weight is 432 g/mol. The lowest BCUT2D eigenvalue weighted by Gasteiger charge is -2.19. The first-order valence-electron chi connectivity index (χ1n) is 10.2. The zero-order valence-electron chi connectivity index (χ0n) is 17.1. The number of aromatic nitrogens is 2. The third-order valence-corrected chi connectivity index (χ3v) is 6.65. The molecule has 1 aliphatic rings. The Kier molecular flexibility index (Phi) is 7.46. The van der Waals surface area contributed by atoms with Crippen molar-refractivity contribution in [1.82, 2.24) is 14.7 Å². The predicted octanol–water partition coefficient (Wildman–Crippen LogP) is 4.69. The summed E-state index contributed by atoms with van der Waals surface area (Å²) >= 11 is 1.85. The molecule has 0 saturated heterocycles. The fourth-order valence-corrected chi connectivity index (χ4v) is 5.00. The molecule has 7 heteroatoms. The molecule has 3 aromatic rings. The molecular formula is C22H30ClN5S. The third-order valence-electron chi connectivity index (χ3n) is 5.44. The molecule has 2 aromatic carbocycles. The Bertz CT molecular complexity index is 967.